The number of nitrogens with one attached hydrogen (secondary N) is 1. The van der Waals surface area contributed by atoms with Crippen molar-refractivity contribution >= 4 is 22.7 Å². The third-order valence-corrected chi connectivity index (χ3v) is 7.90. The lowest BCUT2D eigenvalue weighted by Crippen LogP contribution is -2.12. The highest BCUT2D eigenvalue weighted by Crippen LogP contribution is 2.24. The molecule has 45 heavy (non-hydrogen) atoms. The molecule has 0 amide bonds. The van der Waals surface area contributed by atoms with Gasteiger partial charge in [-0.15, -0.1) is 22.7 Å². The number of H-pyrrole nitrogens is 1. The molecule has 250 valence electrons. The van der Waals surface area contributed by atoms with E-state index in [2.05, 4.69) is 134 Å². The zero-order valence-electron chi connectivity index (χ0n) is 30.1. The topological polar surface area (TPSA) is 107 Å². The Hall–Kier alpha value is -3.11. The van der Waals surface area contributed by atoms with Crippen molar-refractivity contribution in [1.29, 1.82) is 0 Å². The highest BCUT2D eigenvalue weighted by atomic mass is 32.1. The second-order valence-corrected chi connectivity index (χ2v) is 17.3. The SMILES string of the molecule is CC(C)(C)c1ncc[nH]1.CC(C)(C)c1ncco1.CC(C)(C)c1ncco1.CC(C)(C)c1nccs1.CC(C)(C)c1nccs1. The molecule has 0 saturated carbocycles. The third-order valence-electron chi connectivity index (χ3n) is 5.50. The van der Waals surface area contributed by atoms with Crippen LogP contribution in [-0.2, 0) is 27.1 Å². The highest BCUT2D eigenvalue weighted by Gasteiger charge is 2.19. The quantitative estimate of drug-likeness (QED) is 0.177. The maximum Gasteiger partial charge on any atom is 0.199 e. The van der Waals surface area contributed by atoms with Crippen LogP contribution >= 0.6 is 22.7 Å². The first-order valence-corrected chi connectivity index (χ1v) is 16.9. The Balaban J connectivity index is 0.000000281. The average Bonchev–Trinajstić information content (AvgIpc) is 3.75. The molecule has 0 aliphatic carbocycles. The van der Waals surface area contributed by atoms with E-state index in [4.69, 9.17) is 8.83 Å². The van der Waals surface area contributed by atoms with Crippen LogP contribution in [-0.4, -0.2) is 29.9 Å². The Morgan fingerprint density at radius 3 is 1.00 bits per heavy atom. The Kier molecular flexibility index (Phi) is 15.1. The molecule has 0 unspecified atom stereocenters. The number of oxazole rings is 2. The van der Waals surface area contributed by atoms with Gasteiger partial charge in [-0.05, 0) is 0 Å². The number of nitrogens with zero attached hydrogens (tertiary/aromatic N) is 5. The molecular formula is C35H56N6O2S2. The third kappa shape index (κ3) is 16.1. The summed E-state index contributed by atoms with van der Waals surface area (Å²) in [6.45, 7) is 31.8. The van der Waals surface area contributed by atoms with Crippen molar-refractivity contribution in [1.82, 2.24) is 29.9 Å². The predicted molar refractivity (Wildman–Crippen MR) is 189 cm³/mol. The molecule has 0 radical (unpaired) electrons. The first-order chi connectivity index (χ1) is 20.5. The molecule has 0 atom stereocenters. The zero-order valence-corrected chi connectivity index (χ0v) is 31.8. The second kappa shape index (κ2) is 17.0. The maximum atomic E-state index is 5.09. The number of aromatic nitrogens is 6. The summed E-state index contributed by atoms with van der Waals surface area (Å²) < 4.78 is 10.2. The predicted octanol–water partition coefficient (Wildman–Crippen LogP) is 10.5. The Bertz CT molecular complexity index is 1120. The largest absolute Gasteiger partial charge is 0.448 e. The Morgan fingerprint density at radius 2 is 0.867 bits per heavy atom. The standard InChI is InChI=1S/C7H12N2.2C7H11NO.2C7H11NS/c5*1-7(2,3)6-8-4-5-9-6/h4-5H,1-3H3,(H,8,9);4*4-5H,1-3H3. The lowest BCUT2D eigenvalue weighted by molar-refractivity contribution is 0.392. The van der Waals surface area contributed by atoms with Crippen LogP contribution in [0.3, 0.4) is 0 Å². The van der Waals surface area contributed by atoms with Gasteiger partial charge in [0.15, 0.2) is 11.8 Å². The van der Waals surface area contributed by atoms with Crippen molar-refractivity contribution in [2.24, 2.45) is 0 Å². The molecular weight excluding hydrogens is 601 g/mol. The summed E-state index contributed by atoms with van der Waals surface area (Å²) in [5.41, 5.74) is 0.707. The van der Waals surface area contributed by atoms with Gasteiger partial charge in [0.2, 0.25) is 0 Å². The summed E-state index contributed by atoms with van der Waals surface area (Å²) >= 11 is 3.44. The molecule has 0 spiro atoms. The first-order valence-electron chi connectivity index (χ1n) is 15.1. The molecule has 5 heterocycles. The van der Waals surface area contributed by atoms with E-state index in [1.807, 2.05) is 29.4 Å². The summed E-state index contributed by atoms with van der Waals surface area (Å²) in [6.07, 6.45) is 13.9. The van der Waals surface area contributed by atoms with E-state index in [1.165, 1.54) is 10.0 Å². The van der Waals surface area contributed by atoms with Crippen molar-refractivity contribution < 1.29 is 8.83 Å². The van der Waals surface area contributed by atoms with Crippen molar-refractivity contribution in [3.8, 4) is 0 Å². The van der Waals surface area contributed by atoms with Crippen molar-refractivity contribution in [2.75, 3.05) is 0 Å². The van der Waals surface area contributed by atoms with Crippen LogP contribution in [0, 0.1) is 0 Å². The smallest absolute Gasteiger partial charge is 0.199 e. The van der Waals surface area contributed by atoms with Gasteiger partial charge in [0, 0.05) is 62.6 Å². The van der Waals surface area contributed by atoms with Crippen LogP contribution in [0.25, 0.3) is 0 Å². The minimum atomic E-state index is 0.0451. The molecule has 0 aliphatic rings. The molecule has 0 aromatic carbocycles. The molecule has 0 bridgehead atoms. The fraction of sp³-hybridized carbons (Fsp3) is 0.571. The van der Waals surface area contributed by atoms with Gasteiger partial charge in [-0.25, -0.2) is 24.9 Å². The van der Waals surface area contributed by atoms with Crippen LogP contribution in [0.2, 0.25) is 0 Å². The number of hydrogen-bond acceptors (Lipinski definition) is 9. The van der Waals surface area contributed by atoms with E-state index in [-0.39, 0.29) is 27.1 Å². The van der Waals surface area contributed by atoms with E-state index in [9.17, 15) is 0 Å². The second-order valence-electron chi connectivity index (χ2n) is 15.5. The number of rotatable bonds is 0. The number of thiazole rings is 2. The fourth-order valence-electron chi connectivity index (χ4n) is 3.05. The van der Waals surface area contributed by atoms with E-state index in [1.54, 1.807) is 53.8 Å². The van der Waals surface area contributed by atoms with Crippen LogP contribution in [0.4, 0.5) is 0 Å². The first kappa shape index (κ1) is 39.9. The highest BCUT2D eigenvalue weighted by molar-refractivity contribution is 7.09. The summed E-state index contributed by atoms with van der Waals surface area (Å²) in [4.78, 5) is 23.7. The van der Waals surface area contributed by atoms with E-state index < -0.39 is 0 Å². The van der Waals surface area contributed by atoms with Crippen LogP contribution in [0.1, 0.15) is 131 Å². The van der Waals surface area contributed by atoms with Gasteiger partial charge in [0.25, 0.3) is 0 Å². The minimum absolute atomic E-state index is 0.0451. The summed E-state index contributed by atoms with van der Waals surface area (Å²) in [5.74, 6) is 2.63. The Labute approximate surface area is 279 Å². The number of imidazole rings is 1. The molecule has 1 N–H and O–H groups in total. The molecule has 0 aliphatic heterocycles. The molecule has 0 saturated heterocycles. The van der Waals surface area contributed by atoms with Gasteiger partial charge in [-0.2, -0.15) is 0 Å². The zero-order chi connectivity index (χ0) is 34.5. The monoisotopic (exact) mass is 656 g/mol. The van der Waals surface area contributed by atoms with Crippen LogP contribution in [0.5, 0.6) is 0 Å². The van der Waals surface area contributed by atoms with Crippen LogP contribution < -0.4 is 0 Å². The summed E-state index contributed by atoms with van der Waals surface area (Å²) in [6, 6.07) is 0. The normalized spacial score (nSPS) is 11.9. The van der Waals surface area contributed by atoms with Crippen molar-refractivity contribution in [3.05, 3.63) is 88.1 Å². The van der Waals surface area contributed by atoms with Crippen molar-refractivity contribution in [3.63, 3.8) is 0 Å². The van der Waals surface area contributed by atoms with Crippen molar-refractivity contribution in [2.45, 2.75) is 131 Å². The Morgan fingerprint density at radius 1 is 0.467 bits per heavy atom. The lowest BCUT2D eigenvalue weighted by atomic mass is 9.96. The molecule has 8 nitrogen and oxygen atoms in total. The molecule has 5 aromatic heterocycles. The van der Waals surface area contributed by atoms with Gasteiger partial charge >= 0.3 is 0 Å². The van der Waals surface area contributed by atoms with Gasteiger partial charge < -0.3 is 13.8 Å². The van der Waals surface area contributed by atoms with E-state index in [0.717, 1.165) is 17.6 Å². The summed E-state index contributed by atoms with van der Waals surface area (Å²) in [7, 11) is 0. The maximum absolute atomic E-state index is 5.09. The number of aromatic amines is 1. The number of hydrogen-bond donors (Lipinski definition) is 1. The molecule has 0 fully saturated rings. The molecule has 5 rings (SSSR count). The van der Waals surface area contributed by atoms with Gasteiger partial charge in [-0.3, -0.25) is 0 Å². The van der Waals surface area contributed by atoms with Gasteiger partial charge in [0.05, 0.1) is 22.4 Å². The van der Waals surface area contributed by atoms with Gasteiger partial charge in [0.1, 0.15) is 18.4 Å². The molecule has 5 aromatic rings. The van der Waals surface area contributed by atoms with Crippen LogP contribution in [0.15, 0.2) is 69.3 Å². The summed E-state index contributed by atoms with van der Waals surface area (Å²) in [5, 5.41) is 6.45. The fourth-order valence-corrected chi connectivity index (χ4v) is 4.50. The molecule has 10 heteroatoms. The van der Waals surface area contributed by atoms with E-state index >= 15 is 0 Å². The lowest BCUT2D eigenvalue weighted by Gasteiger charge is -2.13. The van der Waals surface area contributed by atoms with Gasteiger partial charge in [-0.1, -0.05) is 104 Å². The van der Waals surface area contributed by atoms with E-state index in [0.29, 0.717) is 0 Å². The minimum Gasteiger partial charge on any atom is -0.448 e. The average molecular weight is 657 g/mol.